The first-order valence-corrected chi connectivity index (χ1v) is 10.6. The summed E-state index contributed by atoms with van der Waals surface area (Å²) in [7, 11) is -0.603. The van der Waals surface area contributed by atoms with Crippen LogP contribution < -0.4 is 14.9 Å². The molecule has 23 heavy (non-hydrogen) atoms. The van der Waals surface area contributed by atoms with Gasteiger partial charge in [0.15, 0.2) is 8.32 Å². The molecule has 1 aromatic rings. The molecule has 1 aromatic carbocycles. The van der Waals surface area contributed by atoms with Crippen molar-refractivity contribution in [3.05, 3.63) is 17.7 Å². The predicted molar refractivity (Wildman–Crippen MR) is 96.1 cm³/mol. The van der Waals surface area contributed by atoms with Gasteiger partial charge in [0.1, 0.15) is 11.5 Å². The molecule has 0 spiro atoms. The van der Waals surface area contributed by atoms with E-state index in [9.17, 15) is 10.0 Å². The first kappa shape index (κ1) is 20.0. The van der Waals surface area contributed by atoms with Crippen molar-refractivity contribution < 1.29 is 23.9 Å². The minimum atomic E-state index is -1.92. The molecule has 0 aliphatic heterocycles. The van der Waals surface area contributed by atoms with E-state index in [2.05, 4.69) is 33.9 Å². The Morgan fingerprint density at radius 1 is 1.04 bits per heavy atom. The predicted octanol–water partition coefficient (Wildman–Crippen LogP) is 2.47. The van der Waals surface area contributed by atoms with Crippen molar-refractivity contribution in [3.8, 4) is 11.5 Å². The van der Waals surface area contributed by atoms with E-state index in [1.54, 1.807) is 12.1 Å². The van der Waals surface area contributed by atoms with Crippen molar-refractivity contribution in [1.29, 1.82) is 0 Å². The molecule has 1 unspecified atom stereocenters. The van der Waals surface area contributed by atoms with Crippen LogP contribution in [0.1, 0.15) is 39.4 Å². The quantitative estimate of drug-likeness (QED) is 0.779. The van der Waals surface area contributed by atoms with E-state index in [1.807, 2.05) is 6.92 Å². The van der Waals surface area contributed by atoms with Crippen LogP contribution in [0.15, 0.2) is 12.1 Å². The Kier molecular flexibility index (Phi) is 6.32. The van der Waals surface area contributed by atoms with Crippen molar-refractivity contribution in [2.45, 2.75) is 51.9 Å². The lowest BCUT2D eigenvalue weighted by molar-refractivity contribution is 0.202. The highest BCUT2D eigenvalue weighted by molar-refractivity contribution is 6.74. The van der Waals surface area contributed by atoms with Crippen molar-refractivity contribution in [2.75, 3.05) is 14.2 Å². The number of ether oxygens (including phenoxy) is 2. The summed E-state index contributed by atoms with van der Waals surface area (Å²) in [5, 5.41) is 19.2. The fraction of sp³-hybridized carbons (Fsp3) is 0.625. The summed E-state index contributed by atoms with van der Waals surface area (Å²) in [6.07, 6.45) is -0.149. The van der Waals surface area contributed by atoms with E-state index >= 15 is 0 Å². The maximum Gasteiger partial charge on any atom is 0.496 e. The third-order valence-corrected chi connectivity index (χ3v) is 9.13. The number of benzene rings is 1. The molecule has 0 saturated heterocycles. The van der Waals surface area contributed by atoms with Gasteiger partial charge in [-0.05, 0) is 42.8 Å². The van der Waals surface area contributed by atoms with E-state index in [4.69, 9.17) is 13.9 Å². The fourth-order valence-corrected chi connectivity index (χ4v) is 3.51. The monoisotopic (exact) mass is 340 g/mol. The van der Waals surface area contributed by atoms with Gasteiger partial charge in [0.05, 0.1) is 25.8 Å². The largest absolute Gasteiger partial charge is 0.497 e. The van der Waals surface area contributed by atoms with Crippen molar-refractivity contribution in [1.82, 2.24) is 0 Å². The second-order valence-corrected chi connectivity index (χ2v) is 12.0. The first-order valence-electron chi connectivity index (χ1n) is 7.74. The van der Waals surface area contributed by atoms with E-state index in [0.717, 1.165) is 5.56 Å². The molecule has 0 amide bonds. The first-order chi connectivity index (χ1) is 10.4. The summed E-state index contributed by atoms with van der Waals surface area (Å²) in [5.41, 5.74) is 1.10. The fourth-order valence-electron chi connectivity index (χ4n) is 2.14. The van der Waals surface area contributed by atoms with Gasteiger partial charge >= 0.3 is 7.12 Å². The average Bonchev–Trinajstić information content (AvgIpc) is 2.43. The number of methoxy groups -OCH3 is 2. The SMILES string of the molecule is COc1cc(C(C)O[Si](C)(C)C(C)(C)C)cc(OC)c1B(O)O. The minimum Gasteiger partial charge on any atom is -0.497 e. The number of hydrogen-bond donors (Lipinski definition) is 2. The van der Waals surface area contributed by atoms with Crippen LogP contribution in [0.3, 0.4) is 0 Å². The van der Waals surface area contributed by atoms with Crippen LogP contribution in [0.4, 0.5) is 0 Å². The van der Waals surface area contributed by atoms with Crippen LogP contribution in [0.2, 0.25) is 18.1 Å². The second kappa shape index (κ2) is 7.25. The molecule has 0 bridgehead atoms. The van der Waals surface area contributed by atoms with E-state index in [-0.39, 0.29) is 16.6 Å². The van der Waals surface area contributed by atoms with Gasteiger partial charge in [-0.1, -0.05) is 20.8 Å². The van der Waals surface area contributed by atoms with Gasteiger partial charge in [0.25, 0.3) is 0 Å². The zero-order valence-electron chi connectivity index (χ0n) is 15.4. The summed E-state index contributed by atoms with van der Waals surface area (Å²) in [5.74, 6) is 0.750. The van der Waals surface area contributed by atoms with Gasteiger partial charge in [-0.2, -0.15) is 0 Å². The number of rotatable bonds is 6. The molecule has 1 atom stereocenters. The molecule has 0 radical (unpaired) electrons. The molecule has 0 aliphatic rings. The molecule has 7 heteroatoms. The van der Waals surface area contributed by atoms with Crippen LogP contribution in [-0.2, 0) is 4.43 Å². The van der Waals surface area contributed by atoms with Gasteiger partial charge in [0.2, 0.25) is 0 Å². The van der Waals surface area contributed by atoms with Crippen molar-refractivity contribution in [3.63, 3.8) is 0 Å². The Morgan fingerprint density at radius 2 is 1.48 bits per heavy atom. The average molecular weight is 340 g/mol. The maximum absolute atomic E-state index is 9.54. The molecule has 0 aromatic heterocycles. The van der Waals surface area contributed by atoms with Crippen molar-refractivity contribution >= 4 is 20.9 Å². The highest BCUT2D eigenvalue weighted by Crippen LogP contribution is 2.40. The second-order valence-electron chi connectivity index (χ2n) is 7.23. The molecule has 130 valence electrons. The van der Waals surface area contributed by atoms with Crippen LogP contribution >= 0.6 is 0 Å². The van der Waals surface area contributed by atoms with Crippen LogP contribution in [0.5, 0.6) is 11.5 Å². The van der Waals surface area contributed by atoms with Crippen LogP contribution in [-0.4, -0.2) is 39.7 Å². The Morgan fingerprint density at radius 3 is 1.78 bits per heavy atom. The Hall–Kier alpha value is -1.02. The van der Waals surface area contributed by atoms with Gasteiger partial charge in [-0.3, -0.25) is 0 Å². The summed E-state index contributed by atoms with van der Waals surface area (Å²) >= 11 is 0. The lowest BCUT2D eigenvalue weighted by Gasteiger charge is -2.38. The summed E-state index contributed by atoms with van der Waals surface area (Å²) in [6.45, 7) is 13.0. The summed E-state index contributed by atoms with van der Waals surface area (Å²) in [6, 6.07) is 3.55. The molecule has 0 heterocycles. The lowest BCUT2D eigenvalue weighted by Crippen LogP contribution is -2.41. The van der Waals surface area contributed by atoms with Crippen LogP contribution in [0, 0.1) is 0 Å². The van der Waals surface area contributed by atoms with Crippen LogP contribution in [0.25, 0.3) is 0 Å². The minimum absolute atomic E-state index is 0.108. The highest BCUT2D eigenvalue weighted by Gasteiger charge is 2.39. The Bertz CT molecular complexity index is 515. The molecule has 0 saturated carbocycles. The molecule has 0 fully saturated rings. The standard InChI is InChI=1S/C16H29BO5Si/c1-11(22-23(7,8)16(2,3)4)12-9-13(20-5)15(17(18)19)14(10-12)21-6/h9-11,18-19H,1-8H3. The molecule has 2 N–H and O–H groups in total. The molecule has 5 nitrogen and oxygen atoms in total. The normalized spacial score (nSPS) is 13.7. The van der Waals surface area contributed by atoms with Crippen molar-refractivity contribution in [2.24, 2.45) is 0 Å². The zero-order valence-corrected chi connectivity index (χ0v) is 16.4. The van der Waals surface area contributed by atoms with Gasteiger partial charge in [0, 0.05) is 0 Å². The van der Waals surface area contributed by atoms with E-state index in [0.29, 0.717) is 11.5 Å². The molecule has 0 aliphatic carbocycles. The third-order valence-electron chi connectivity index (χ3n) is 4.57. The van der Waals surface area contributed by atoms with Gasteiger partial charge < -0.3 is 23.9 Å². The smallest absolute Gasteiger partial charge is 0.496 e. The maximum atomic E-state index is 9.54. The molecule has 1 rings (SSSR count). The summed E-state index contributed by atoms with van der Waals surface area (Å²) in [4.78, 5) is 0. The van der Waals surface area contributed by atoms with Gasteiger partial charge in [-0.15, -0.1) is 0 Å². The molecular weight excluding hydrogens is 311 g/mol. The number of hydrogen-bond acceptors (Lipinski definition) is 5. The lowest BCUT2D eigenvalue weighted by atomic mass is 9.78. The van der Waals surface area contributed by atoms with E-state index < -0.39 is 15.4 Å². The highest BCUT2D eigenvalue weighted by atomic mass is 28.4. The van der Waals surface area contributed by atoms with E-state index in [1.165, 1.54) is 14.2 Å². The zero-order chi connectivity index (χ0) is 18.0. The molecular formula is C16H29BO5Si. The summed E-state index contributed by atoms with van der Waals surface area (Å²) < 4.78 is 17.0. The van der Waals surface area contributed by atoms with Gasteiger partial charge in [-0.25, -0.2) is 0 Å². The Balaban J connectivity index is 3.23. The topological polar surface area (TPSA) is 68.2 Å². The Labute approximate surface area is 140 Å². The third kappa shape index (κ3) is 4.50.